The second kappa shape index (κ2) is 3.67. The zero-order valence-electron chi connectivity index (χ0n) is 6.02. The summed E-state index contributed by atoms with van der Waals surface area (Å²) in [6.07, 6.45) is 6.07. The second-order valence-electron chi connectivity index (χ2n) is 2.35. The summed E-state index contributed by atoms with van der Waals surface area (Å²) in [6, 6.07) is 0. The zero-order chi connectivity index (χ0) is 6.53. The Morgan fingerprint density at radius 3 is 2.89 bits per heavy atom. The van der Waals surface area contributed by atoms with E-state index in [4.69, 9.17) is 4.74 Å². The third-order valence-electron chi connectivity index (χ3n) is 1.67. The Kier molecular flexibility index (Phi) is 2.78. The molecule has 0 radical (unpaired) electrons. The van der Waals surface area contributed by atoms with Crippen molar-refractivity contribution >= 4 is 0 Å². The molecule has 9 heavy (non-hydrogen) atoms. The number of rotatable bonds is 4. The van der Waals surface area contributed by atoms with Crippen LogP contribution >= 0.6 is 0 Å². The van der Waals surface area contributed by atoms with Gasteiger partial charge in [-0.3, -0.25) is 0 Å². The first kappa shape index (κ1) is 6.81. The maximum atomic E-state index is 5.20. The van der Waals surface area contributed by atoms with Gasteiger partial charge in [-0.05, 0) is 26.2 Å². The number of allylic oxidation sites excluding steroid dienone is 1. The fourth-order valence-corrected chi connectivity index (χ4v) is 0.923. The van der Waals surface area contributed by atoms with Crippen molar-refractivity contribution in [2.45, 2.75) is 26.2 Å². The Hall–Kier alpha value is -0.300. The molecule has 0 aromatic heterocycles. The van der Waals surface area contributed by atoms with Crippen molar-refractivity contribution in [2.75, 3.05) is 13.2 Å². The van der Waals surface area contributed by atoms with Crippen molar-refractivity contribution in [1.29, 1.82) is 0 Å². The summed E-state index contributed by atoms with van der Waals surface area (Å²) in [5.41, 5.74) is 1.59. The van der Waals surface area contributed by atoms with Gasteiger partial charge in [-0.1, -0.05) is 11.6 Å². The van der Waals surface area contributed by atoms with Crippen molar-refractivity contribution in [3.05, 3.63) is 11.6 Å². The lowest BCUT2D eigenvalue weighted by atomic mass is 9.97. The molecule has 0 unspecified atom stereocenters. The van der Waals surface area contributed by atoms with Crippen LogP contribution in [-0.4, -0.2) is 13.2 Å². The highest BCUT2D eigenvalue weighted by molar-refractivity contribution is 5.11. The molecule has 0 N–H and O–H groups in total. The SMILES string of the molecule is CCOCCC1=CCC1. The summed E-state index contributed by atoms with van der Waals surface area (Å²) in [6.45, 7) is 3.81. The lowest BCUT2D eigenvalue weighted by molar-refractivity contribution is 0.149. The molecule has 0 saturated heterocycles. The summed E-state index contributed by atoms with van der Waals surface area (Å²) >= 11 is 0. The quantitative estimate of drug-likeness (QED) is 0.414. The third-order valence-corrected chi connectivity index (χ3v) is 1.67. The van der Waals surface area contributed by atoms with Crippen LogP contribution in [0.2, 0.25) is 0 Å². The van der Waals surface area contributed by atoms with Gasteiger partial charge < -0.3 is 4.74 Å². The van der Waals surface area contributed by atoms with Crippen LogP contribution in [0.1, 0.15) is 26.2 Å². The minimum atomic E-state index is 0.854. The first-order valence-electron chi connectivity index (χ1n) is 3.69. The van der Waals surface area contributed by atoms with Crippen LogP contribution in [-0.2, 0) is 4.74 Å². The number of ether oxygens (including phenoxy) is 1. The average molecular weight is 126 g/mol. The molecule has 0 aromatic rings. The van der Waals surface area contributed by atoms with Gasteiger partial charge >= 0.3 is 0 Å². The van der Waals surface area contributed by atoms with E-state index in [0.717, 1.165) is 19.6 Å². The monoisotopic (exact) mass is 126 g/mol. The van der Waals surface area contributed by atoms with Gasteiger partial charge in [0.1, 0.15) is 0 Å². The molecule has 0 aromatic carbocycles. The van der Waals surface area contributed by atoms with Crippen molar-refractivity contribution in [2.24, 2.45) is 0 Å². The first-order chi connectivity index (χ1) is 4.43. The van der Waals surface area contributed by atoms with Gasteiger partial charge in [-0.15, -0.1) is 0 Å². The molecule has 52 valence electrons. The van der Waals surface area contributed by atoms with E-state index in [1.807, 2.05) is 6.92 Å². The normalized spacial score (nSPS) is 16.8. The van der Waals surface area contributed by atoms with E-state index in [-0.39, 0.29) is 0 Å². The molecule has 0 spiro atoms. The minimum absolute atomic E-state index is 0.854. The van der Waals surface area contributed by atoms with E-state index in [9.17, 15) is 0 Å². The molecule has 1 aliphatic rings. The summed E-state index contributed by atoms with van der Waals surface area (Å²) in [5, 5.41) is 0. The van der Waals surface area contributed by atoms with Gasteiger partial charge in [0.05, 0.1) is 6.61 Å². The smallest absolute Gasteiger partial charge is 0.0503 e. The molecule has 0 aliphatic heterocycles. The zero-order valence-corrected chi connectivity index (χ0v) is 6.02. The summed E-state index contributed by atoms with van der Waals surface area (Å²) in [5.74, 6) is 0. The van der Waals surface area contributed by atoms with E-state index in [0.29, 0.717) is 0 Å². The van der Waals surface area contributed by atoms with Crippen molar-refractivity contribution in [3.63, 3.8) is 0 Å². The van der Waals surface area contributed by atoms with E-state index < -0.39 is 0 Å². The molecule has 0 saturated carbocycles. The van der Waals surface area contributed by atoms with Crippen molar-refractivity contribution in [3.8, 4) is 0 Å². The maximum Gasteiger partial charge on any atom is 0.0503 e. The van der Waals surface area contributed by atoms with Crippen LogP contribution in [0.4, 0.5) is 0 Å². The minimum Gasteiger partial charge on any atom is -0.381 e. The molecule has 1 nitrogen and oxygen atoms in total. The van der Waals surface area contributed by atoms with E-state index in [1.54, 1.807) is 5.57 Å². The van der Waals surface area contributed by atoms with Gasteiger partial charge in [-0.2, -0.15) is 0 Å². The Balaban J connectivity index is 1.92. The van der Waals surface area contributed by atoms with Crippen molar-refractivity contribution < 1.29 is 4.74 Å². The van der Waals surface area contributed by atoms with Crippen LogP contribution < -0.4 is 0 Å². The Morgan fingerprint density at radius 2 is 2.44 bits per heavy atom. The first-order valence-corrected chi connectivity index (χ1v) is 3.69. The van der Waals surface area contributed by atoms with E-state index in [1.165, 1.54) is 12.8 Å². The Bertz CT molecular complexity index is 105. The molecule has 1 aliphatic carbocycles. The third kappa shape index (κ3) is 2.19. The molecule has 0 fully saturated rings. The van der Waals surface area contributed by atoms with Crippen LogP contribution in [0.25, 0.3) is 0 Å². The van der Waals surface area contributed by atoms with Gasteiger partial charge in [0.25, 0.3) is 0 Å². The van der Waals surface area contributed by atoms with Gasteiger partial charge in [0.2, 0.25) is 0 Å². The standard InChI is InChI=1S/C8H14O/c1-2-9-7-6-8-4-3-5-8/h4H,2-3,5-7H2,1H3. The van der Waals surface area contributed by atoms with Gasteiger partial charge in [0, 0.05) is 6.61 Å². The predicted octanol–water partition coefficient (Wildman–Crippen LogP) is 2.13. The van der Waals surface area contributed by atoms with Crippen molar-refractivity contribution in [1.82, 2.24) is 0 Å². The lowest BCUT2D eigenvalue weighted by Gasteiger charge is -2.13. The molecular weight excluding hydrogens is 112 g/mol. The van der Waals surface area contributed by atoms with E-state index in [2.05, 4.69) is 6.08 Å². The Labute approximate surface area is 56.7 Å². The fourth-order valence-electron chi connectivity index (χ4n) is 0.923. The molecule has 0 atom stereocenters. The van der Waals surface area contributed by atoms with Crippen LogP contribution in [0.15, 0.2) is 11.6 Å². The van der Waals surface area contributed by atoms with Gasteiger partial charge in [0.15, 0.2) is 0 Å². The van der Waals surface area contributed by atoms with Crippen LogP contribution in [0.5, 0.6) is 0 Å². The van der Waals surface area contributed by atoms with Crippen LogP contribution in [0.3, 0.4) is 0 Å². The highest BCUT2D eigenvalue weighted by atomic mass is 16.5. The molecule has 1 heteroatoms. The van der Waals surface area contributed by atoms with Gasteiger partial charge in [-0.25, -0.2) is 0 Å². The predicted molar refractivity (Wildman–Crippen MR) is 38.4 cm³/mol. The molecule has 1 rings (SSSR count). The average Bonchev–Trinajstić information content (AvgIpc) is 1.76. The lowest BCUT2D eigenvalue weighted by Crippen LogP contribution is -2.00. The molecular formula is C8H14O. The highest BCUT2D eigenvalue weighted by Crippen LogP contribution is 2.20. The summed E-state index contributed by atoms with van der Waals surface area (Å²) < 4.78 is 5.20. The highest BCUT2D eigenvalue weighted by Gasteiger charge is 2.03. The number of hydrogen-bond donors (Lipinski definition) is 0. The van der Waals surface area contributed by atoms with Crippen LogP contribution in [0, 0.1) is 0 Å². The van der Waals surface area contributed by atoms with E-state index >= 15 is 0 Å². The summed E-state index contributed by atoms with van der Waals surface area (Å²) in [7, 11) is 0. The molecule has 0 amide bonds. The Morgan fingerprint density at radius 1 is 1.67 bits per heavy atom. The summed E-state index contributed by atoms with van der Waals surface area (Å²) in [4.78, 5) is 0. The molecule has 0 heterocycles. The maximum absolute atomic E-state index is 5.20. The second-order valence-corrected chi connectivity index (χ2v) is 2.35. The fraction of sp³-hybridized carbons (Fsp3) is 0.750. The topological polar surface area (TPSA) is 9.23 Å². The number of hydrogen-bond acceptors (Lipinski definition) is 1. The largest absolute Gasteiger partial charge is 0.381 e. The molecule has 0 bridgehead atoms.